The maximum Gasteiger partial charge on any atom is 0.320 e. The molecule has 2 atom stereocenters. The number of nitrogens with two attached hydrogens (primary N) is 1. The van der Waals surface area contributed by atoms with Gasteiger partial charge in [0.1, 0.15) is 6.04 Å². The predicted molar refractivity (Wildman–Crippen MR) is 51.3 cm³/mol. The third-order valence-electron chi connectivity index (χ3n) is 2.59. The van der Waals surface area contributed by atoms with Gasteiger partial charge < -0.3 is 10.8 Å². The molecular formula is C10H17NO2. The highest BCUT2D eigenvalue weighted by molar-refractivity contribution is 5.73. The average Bonchev–Trinajstić information content (AvgIpc) is 2.02. The summed E-state index contributed by atoms with van der Waals surface area (Å²) in [5, 5.41) is 8.75. The van der Waals surface area contributed by atoms with Crippen LogP contribution in [0.15, 0.2) is 12.2 Å². The highest BCUT2D eigenvalue weighted by atomic mass is 16.4. The Hall–Kier alpha value is -0.830. The summed E-state index contributed by atoms with van der Waals surface area (Å²) >= 11 is 0. The molecule has 0 aliphatic heterocycles. The van der Waals surface area contributed by atoms with Crippen LogP contribution in [0, 0.1) is 5.92 Å². The van der Waals surface area contributed by atoms with E-state index in [0.29, 0.717) is 0 Å². The highest BCUT2D eigenvalue weighted by Crippen LogP contribution is 2.20. The lowest BCUT2D eigenvalue weighted by Gasteiger charge is -2.20. The monoisotopic (exact) mass is 183 g/mol. The van der Waals surface area contributed by atoms with Crippen molar-refractivity contribution in [2.45, 2.75) is 38.1 Å². The van der Waals surface area contributed by atoms with Gasteiger partial charge >= 0.3 is 5.97 Å². The molecule has 1 aliphatic carbocycles. The maximum atomic E-state index is 10.6. The zero-order chi connectivity index (χ0) is 9.68. The summed E-state index contributed by atoms with van der Waals surface area (Å²) in [6.45, 7) is 0. The van der Waals surface area contributed by atoms with Crippen LogP contribution in [0.3, 0.4) is 0 Å². The summed E-state index contributed by atoms with van der Waals surface area (Å²) in [5.41, 5.74) is 5.58. The molecule has 0 saturated carbocycles. The van der Waals surface area contributed by atoms with Crippen LogP contribution in [0.25, 0.3) is 0 Å². The number of rotatable bonds is 2. The van der Waals surface area contributed by atoms with Crippen molar-refractivity contribution in [3.05, 3.63) is 12.2 Å². The van der Waals surface area contributed by atoms with E-state index in [0.717, 1.165) is 32.1 Å². The predicted octanol–water partition coefficient (Wildman–Crippen LogP) is 1.53. The summed E-state index contributed by atoms with van der Waals surface area (Å²) in [5.74, 6) is -0.756. The average molecular weight is 183 g/mol. The molecule has 0 fully saturated rings. The van der Waals surface area contributed by atoms with Gasteiger partial charge in [0.05, 0.1) is 0 Å². The SMILES string of the molecule is NC(C(=O)O)C1CC=CCCCC1. The normalized spacial score (nSPS) is 26.1. The molecule has 3 heteroatoms. The zero-order valence-corrected chi connectivity index (χ0v) is 7.78. The summed E-state index contributed by atoms with van der Waals surface area (Å²) in [6, 6.07) is -0.692. The van der Waals surface area contributed by atoms with E-state index in [1.54, 1.807) is 0 Å². The Kier molecular flexibility index (Phi) is 3.96. The Morgan fingerprint density at radius 2 is 2.23 bits per heavy atom. The largest absolute Gasteiger partial charge is 0.480 e. The van der Waals surface area contributed by atoms with Crippen molar-refractivity contribution < 1.29 is 9.90 Å². The number of carbonyl (C=O) groups is 1. The first-order valence-corrected chi connectivity index (χ1v) is 4.85. The van der Waals surface area contributed by atoms with Crippen LogP contribution >= 0.6 is 0 Å². The van der Waals surface area contributed by atoms with Gasteiger partial charge in [-0.2, -0.15) is 0 Å². The number of hydrogen-bond donors (Lipinski definition) is 2. The highest BCUT2D eigenvalue weighted by Gasteiger charge is 2.22. The molecule has 0 aromatic heterocycles. The fourth-order valence-corrected chi connectivity index (χ4v) is 1.70. The van der Waals surface area contributed by atoms with E-state index in [9.17, 15) is 4.79 Å². The molecule has 3 N–H and O–H groups in total. The zero-order valence-electron chi connectivity index (χ0n) is 7.78. The molecule has 0 heterocycles. The van der Waals surface area contributed by atoms with Crippen molar-refractivity contribution in [1.29, 1.82) is 0 Å². The Bertz CT molecular complexity index is 201. The molecule has 0 aromatic rings. The lowest BCUT2D eigenvalue weighted by Crippen LogP contribution is -2.37. The molecule has 2 unspecified atom stereocenters. The molecule has 1 rings (SSSR count). The maximum absolute atomic E-state index is 10.6. The van der Waals surface area contributed by atoms with E-state index in [2.05, 4.69) is 12.2 Å². The second-order valence-electron chi connectivity index (χ2n) is 3.62. The van der Waals surface area contributed by atoms with Crippen molar-refractivity contribution >= 4 is 5.97 Å². The second-order valence-corrected chi connectivity index (χ2v) is 3.62. The van der Waals surface area contributed by atoms with Crippen LogP contribution in [0.2, 0.25) is 0 Å². The van der Waals surface area contributed by atoms with Gasteiger partial charge in [-0.1, -0.05) is 18.6 Å². The Balaban J connectivity index is 2.51. The van der Waals surface area contributed by atoms with Crippen LogP contribution in [0.5, 0.6) is 0 Å². The van der Waals surface area contributed by atoms with Gasteiger partial charge in [-0.3, -0.25) is 4.79 Å². The number of carboxylic acids is 1. The fraction of sp³-hybridized carbons (Fsp3) is 0.700. The minimum atomic E-state index is -0.876. The van der Waals surface area contributed by atoms with E-state index >= 15 is 0 Å². The van der Waals surface area contributed by atoms with Gasteiger partial charge in [-0.25, -0.2) is 0 Å². The lowest BCUT2D eigenvalue weighted by molar-refractivity contribution is -0.139. The number of hydrogen-bond acceptors (Lipinski definition) is 2. The molecule has 0 amide bonds. The molecule has 0 aromatic carbocycles. The third kappa shape index (κ3) is 3.19. The Morgan fingerprint density at radius 1 is 1.46 bits per heavy atom. The van der Waals surface area contributed by atoms with Gasteiger partial charge in [-0.05, 0) is 31.6 Å². The van der Waals surface area contributed by atoms with E-state index < -0.39 is 12.0 Å². The molecule has 0 spiro atoms. The van der Waals surface area contributed by atoms with Crippen molar-refractivity contribution in [3.8, 4) is 0 Å². The quantitative estimate of drug-likeness (QED) is 0.638. The molecular weight excluding hydrogens is 166 g/mol. The van der Waals surface area contributed by atoms with Crippen molar-refractivity contribution in [2.24, 2.45) is 11.7 Å². The van der Waals surface area contributed by atoms with Gasteiger partial charge in [0.15, 0.2) is 0 Å². The fourth-order valence-electron chi connectivity index (χ4n) is 1.70. The molecule has 74 valence electrons. The summed E-state index contributed by atoms with van der Waals surface area (Å²) < 4.78 is 0. The first-order valence-electron chi connectivity index (χ1n) is 4.85. The number of allylic oxidation sites excluding steroid dienone is 2. The Morgan fingerprint density at radius 3 is 2.92 bits per heavy atom. The first-order chi connectivity index (χ1) is 6.22. The van der Waals surface area contributed by atoms with Crippen LogP contribution in [-0.4, -0.2) is 17.1 Å². The summed E-state index contributed by atoms with van der Waals surface area (Å²) in [6.07, 6.45) is 9.31. The molecule has 0 bridgehead atoms. The lowest BCUT2D eigenvalue weighted by atomic mass is 9.89. The van der Waals surface area contributed by atoms with Gasteiger partial charge in [-0.15, -0.1) is 0 Å². The van der Waals surface area contributed by atoms with Gasteiger partial charge in [0.25, 0.3) is 0 Å². The minimum absolute atomic E-state index is 0.119. The number of carboxylic acid groups (broad SMARTS) is 1. The van der Waals surface area contributed by atoms with Crippen LogP contribution < -0.4 is 5.73 Å². The first kappa shape index (κ1) is 10.3. The standard InChI is InChI=1S/C10H17NO2/c11-9(10(12)13)8-6-4-2-1-3-5-7-8/h2,4,8-9H,1,3,5-7,11H2,(H,12,13). The van der Waals surface area contributed by atoms with Gasteiger partial charge in [0, 0.05) is 0 Å². The van der Waals surface area contributed by atoms with Crippen LogP contribution in [-0.2, 0) is 4.79 Å². The molecule has 3 nitrogen and oxygen atoms in total. The summed E-state index contributed by atoms with van der Waals surface area (Å²) in [4.78, 5) is 10.6. The molecule has 0 saturated heterocycles. The van der Waals surface area contributed by atoms with E-state index in [-0.39, 0.29) is 5.92 Å². The Labute approximate surface area is 78.6 Å². The van der Waals surface area contributed by atoms with E-state index in [4.69, 9.17) is 10.8 Å². The molecule has 1 aliphatic rings. The van der Waals surface area contributed by atoms with E-state index in [1.807, 2.05) is 0 Å². The smallest absolute Gasteiger partial charge is 0.320 e. The molecule has 0 radical (unpaired) electrons. The number of aliphatic carboxylic acids is 1. The second kappa shape index (κ2) is 5.02. The van der Waals surface area contributed by atoms with Gasteiger partial charge in [0.2, 0.25) is 0 Å². The van der Waals surface area contributed by atoms with Crippen molar-refractivity contribution in [2.75, 3.05) is 0 Å². The van der Waals surface area contributed by atoms with Crippen LogP contribution in [0.1, 0.15) is 32.1 Å². The minimum Gasteiger partial charge on any atom is -0.480 e. The van der Waals surface area contributed by atoms with Crippen molar-refractivity contribution in [1.82, 2.24) is 0 Å². The topological polar surface area (TPSA) is 63.3 Å². The van der Waals surface area contributed by atoms with Crippen LogP contribution in [0.4, 0.5) is 0 Å². The summed E-state index contributed by atoms with van der Waals surface area (Å²) in [7, 11) is 0. The van der Waals surface area contributed by atoms with Crippen molar-refractivity contribution in [3.63, 3.8) is 0 Å². The van der Waals surface area contributed by atoms with E-state index in [1.165, 1.54) is 0 Å². The molecule has 13 heavy (non-hydrogen) atoms. The third-order valence-corrected chi connectivity index (χ3v) is 2.59.